The van der Waals surface area contributed by atoms with Gasteiger partial charge in [-0.25, -0.2) is 4.99 Å². The van der Waals surface area contributed by atoms with Crippen LogP contribution < -0.4 is 16.0 Å². The third-order valence-corrected chi connectivity index (χ3v) is 4.04. The second kappa shape index (κ2) is 11.9. The van der Waals surface area contributed by atoms with E-state index in [1.165, 1.54) is 0 Å². The van der Waals surface area contributed by atoms with Gasteiger partial charge in [0, 0.05) is 23.7 Å². The number of nitrogens with one attached hydrogen (secondary N) is 3. The van der Waals surface area contributed by atoms with Gasteiger partial charge in [-0.3, -0.25) is 4.79 Å². The summed E-state index contributed by atoms with van der Waals surface area (Å²) >= 11 is 0. The molecule has 1 aromatic carbocycles. The van der Waals surface area contributed by atoms with Gasteiger partial charge in [0.1, 0.15) is 0 Å². The van der Waals surface area contributed by atoms with Gasteiger partial charge in [0.05, 0.1) is 18.8 Å². The van der Waals surface area contributed by atoms with E-state index in [2.05, 4.69) is 39.9 Å². The van der Waals surface area contributed by atoms with Gasteiger partial charge in [0.2, 0.25) is 0 Å². The molecule has 1 heterocycles. The Morgan fingerprint density at radius 3 is 2.53 bits per heavy atom. The molecule has 0 aliphatic carbocycles. The Morgan fingerprint density at radius 1 is 1.20 bits per heavy atom. The van der Waals surface area contributed by atoms with Gasteiger partial charge in [-0.2, -0.15) is 0 Å². The molecule has 0 unspecified atom stereocenters. The molecule has 3 N–H and O–H groups in total. The van der Waals surface area contributed by atoms with Crippen LogP contribution >= 0.6 is 24.0 Å². The minimum atomic E-state index is -0.274. The lowest BCUT2D eigenvalue weighted by molar-refractivity contribution is 0.0919. The number of amides is 1. The molecular formula is C22H34IN5O2. The molecule has 8 heteroatoms. The van der Waals surface area contributed by atoms with Crippen LogP contribution in [0.25, 0.3) is 0 Å². The van der Waals surface area contributed by atoms with Crippen molar-refractivity contribution in [2.24, 2.45) is 4.99 Å². The van der Waals surface area contributed by atoms with Crippen molar-refractivity contribution in [1.82, 2.24) is 21.1 Å². The summed E-state index contributed by atoms with van der Waals surface area (Å²) in [6, 6.07) is 9.49. The molecule has 0 radical (unpaired) electrons. The molecule has 0 atom stereocenters. The number of benzene rings is 1. The van der Waals surface area contributed by atoms with Crippen LogP contribution in [0.2, 0.25) is 0 Å². The first-order valence-electron chi connectivity index (χ1n) is 10.1. The van der Waals surface area contributed by atoms with Crippen LogP contribution in [0.4, 0.5) is 0 Å². The molecule has 0 saturated heterocycles. The lowest BCUT2D eigenvalue weighted by Crippen LogP contribution is -2.40. The number of aliphatic imine (C=N–C) groups is 1. The van der Waals surface area contributed by atoms with E-state index in [1.807, 2.05) is 58.0 Å². The predicted molar refractivity (Wildman–Crippen MR) is 131 cm³/mol. The molecule has 0 fully saturated rings. The first-order chi connectivity index (χ1) is 13.7. The summed E-state index contributed by atoms with van der Waals surface area (Å²) in [6.07, 6.45) is 0. The zero-order chi connectivity index (χ0) is 21.4. The lowest BCUT2D eigenvalue weighted by Gasteiger charge is -2.20. The second-order valence-electron chi connectivity index (χ2n) is 8.33. The first kappa shape index (κ1) is 25.9. The van der Waals surface area contributed by atoms with E-state index in [0.29, 0.717) is 30.5 Å². The van der Waals surface area contributed by atoms with E-state index < -0.39 is 0 Å². The minimum Gasteiger partial charge on any atom is -0.359 e. The van der Waals surface area contributed by atoms with Crippen molar-refractivity contribution in [2.75, 3.05) is 6.54 Å². The summed E-state index contributed by atoms with van der Waals surface area (Å²) in [4.78, 5) is 17.0. The van der Waals surface area contributed by atoms with E-state index in [-0.39, 0.29) is 35.4 Å². The van der Waals surface area contributed by atoms with Crippen molar-refractivity contribution in [3.8, 4) is 0 Å². The molecule has 7 nitrogen and oxygen atoms in total. The molecule has 1 amide bonds. The monoisotopic (exact) mass is 527 g/mol. The molecule has 2 rings (SSSR count). The Hall–Kier alpha value is -2.10. The van der Waals surface area contributed by atoms with E-state index >= 15 is 0 Å². The number of guanidine groups is 1. The van der Waals surface area contributed by atoms with Gasteiger partial charge in [0.15, 0.2) is 11.7 Å². The number of hydrogen-bond acceptors (Lipinski definition) is 4. The van der Waals surface area contributed by atoms with Crippen LogP contribution in [0.15, 0.2) is 39.8 Å². The fourth-order valence-electron chi connectivity index (χ4n) is 2.59. The van der Waals surface area contributed by atoms with Crippen LogP contribution in [-0.4, -0.2) is 29.1 Å². The summed E-state index contributed by atoms with van der Waals surface area (Å²) in [5.41, 5.74) is 2.26. The Balaban J connectivity index is 0.00000450. The molecule has 1 aromatic heterocycles. The van der Waals surface area contributed by atoms with E-state index in [4.69, 9.17) is 4.52 Å². The number of rotatable bonds is 7. The Kier molecular flexibility index (Phi) is 10.3. The van der Waals surface area contributed by atoms with Gasteiger partial charge in [-0.05, 0) is 51.3 Å². The number of nitrogens with zero attached hydrogens (tertiary/aromatic N) is 2. The zero-order valence-electron chi connectivity index (χ0n) is 18.7. The average molecular weight is 527 g/mol. The third kappa shape index (κ3) is 8.73. The average Bonchev–Trinajstić information content (AvgIpc) is 3.12. The highest BCUT2D eigenvalue weighted by molar-refractivity contribution is 14.0. The maximum absolute atomic E-state index is 12.4. The summed E-state index contributed by atoms with van der Waals surface area (Å²) in [5.74, 6) is 1.69. The normalized spacial score (nSPS) is 11.8. The SMILES string of the molecule is CCNC(=NCc1cccc(C(=O)NC(C)(C)C)c1)NCc1cc(C(C)C)no1.I. The van der Waals surface area contributed by atoms with Crippen LogP contribution in [0.5, 0.6) is 0 Å². The molecule has 2 aromatic rings. The minimum absolute atomic E-state index is 0. The van der Waals surface area contributed by atoms with Gasteiger partial charge in [-0.15, -0.1) is 24.0 Å². The molecule has 0 bridgehead atoms. The van der Waals surface area contributed by atoms with Crippen molar-refractivity contribution >= 4 is 35.8 Å². The maximum atomic E-state index is 12.4. The fraction of sp³-hybridized carbons (Fsp3) is 0.500. The second-order valence-corrected chi connectivity index (χ2v) is 8.33. The Morgan fingerprint density at radius 2 is 1.93 bits per heavy atom. The van der Waals surface area contributed by atoms with Crippen LogP contribution in [-0.2, 0) is 13.1 Å². The quantitative estimate of drug-likeness (QED) is 0.285. The van der Waals surface area contributed by atoms with Crippen molar-refractivity contribution in [3.05, 3.63) is 52.9 Å². The number of aromatic nitrogens is 1. The zero-order valence-corrected chi connectivity index (χ0v) is 21.0. The van der Waals surface area contributed by atoms with Gasteiger partial charge < -0.3 is 20.5 Å². The molecule has 0 aliphatic rings. The highest BCUT2D eigenvalue weighted by Crippen LogP contribution is 2.14. The van der Waals surface area contributed by atoms with Gasteiger partial charge in [0.25, 0.3) is 5.91 Å². The summed E-state index contributed by atoms with van der Waals surface area (Å²) < 4.78 is 5.36. The Bertz CT molecular complexity index is 840. The van der Waals surface area contributed by atoms with Crippen molar-refractivity contribution in [1.29, 1.82) is 0 Å². The highest BCUT2D eigenvalue weighted by Gasteiger charge is 2.15. The van der Waals surface area contributed by atoms with Crippen LogP contribution in [0, 0.1) is 0 Å². The molecular weight excluding hydrogens is 493 g/mol. The maximum Gasteiger partial charge on any atom is 0.251 e. The van der Waals surface area contributed by atoms with Gasteiger partial charge in [-0.1, -0.05) is 31.1 Å². The van der Waals surface area contributed by atoms with Gasteiger partial charge >= 0.3 is 0 Å². The van der Waals surface area contributed by atoms with Crippen molar-refractivity contribution in [3.63, 3.8) is 0 Å². The largest absolute Gasteiger partial charge is 0.359 e. The van der Waals surface area contributed by atoms with Crippen LogP contribution in [0.1, 0.15) is 74.8 Å². The third-order valence-electron chi connectivity index (χ3n) is 4.04. The summed E-state index contributed by atoms with van der Waals surface area (Å²) in [5, 5.41) is 13.5. The Labute approximate surface area is 196 Å². The smallest absolute Gasteiger partial charge is 0.251 e. The predicted octanol–water partition coefficient (Wildman–Crippen LogP) is 4.20. The van der Waals surface area contributed by atoms with E-state index in [0.717, 1.165) is 23.6 Å². The number of hydrogen-bond donors (Lipinski definition) is 3. The molecule has 30 heavy (non-hydrogen) atoms. The highest BCUT2D eigenvalue weighted by atomic mass is 127. The van der Waals surface area contributed by atoms with Crippen LogP contribution in [0.3, 0.4) is 0 Å². The molecule has 0 saturated carbocycles. The molecule has 166 valence electrons. The number of carbonyl (C=O) groups excluding carboxylic acids is 1. The summed E-state index contributed by atoms with van der Waals surface area (Å²) in [6.45, 7) is 13.8. The number of carbonyl (C=O) groups is 1. The molecule has 0 aliphatic heterocycles. The lowest BCUT2D eigenvalue weighted by atomic mass is 10.1. The first-order valence-corrected chi connectivity index (χ1v) is 10.1. The van der Waals surface area contributed by atoms with E-state index in [9.17, 15) is 4.79 Å². The fourth-order valence-corrected chi connectivity index (χ4v) is 2.59. The van der Waals surface area contributed by atoms with E-state index in [1.54, 1.807) is 0 Å². The molecule has 0 spiro atoms. The van der Waals surface area contributed by atoms with Crippen molar-refractivity contribution in [2.45, 2.75) is 66.1 Å². The summed E-state index contributed by atoms with van der Waals surface area (Å²) in [7, 11) is 0. The topological polar surface area (TPSA) is 91.5 Å². The standard InChI is InChI=1S/C22H33N5O2.HI/c1-7-23-21(25-14-18-12-19(15(2)3)27-29-18)24-13-16-9-8-10-17(11-16)20(28)26-22(4,5)6;/h8-12,15H,7,13-14H2,1-6H3,(H,26,28)(H2,23,24,25);1H. The number of halogens is 1. The van der Waals surface area contributed by atoms with Crippen molar-refractivity contribution < 1.29 is 9.32 Å².